The Kier molecular flexibility index (Phi) is 4.96. The Morgan fingerprint density at radius 1 is 1.26 bits per heavy atom. The van der Waals surface area contributed by atoms with E-state index in [0.717, 1.165) is 25.1 Å². The third-order valence-corrected chi connectivity index (χ3v) is 5.60. The van der Waals surface area contributed by atoms with E-state index in [1.807, 2.05) is 37.3 Å². The van der Waals surface area contributed by atoms with Gasteiger partial charge in [-0.15, -0.1) is 0 Å². The molecule has 0 saturated carbocycles. The van der Waals surface area contributed by atoms with E-state index in [1.54, 1.807) is 0 Å². The smallest absolute Gasteiger partial charge is 0.215 e. The normalized spacial score (nSPS) is 19.2. The van der Waals surface area contributed by atoms with Gasteiger partial charge in [0.1, 0.15) is 0 Å². The molecule has 0 bridgehead atoms. The number of benzene rings is 1. The number of hydrogen-bond donors (Lipinski definition) is 2. The van der Waals surface area contributed by atoms with Crippen LogP contribution in [0.15, 0.2) is 30.3 Å². The summed E-state index contributed by atoms with van der Waals surface area (Å²) in [4.78, 5) is 0. The Morgan fingerprint density at radius 2 is 1.89 bits per heavy atom. The SMILES string of the molecule is CCC(NS(=O)(=O)C1CCNCC1)c1ccccc1. The highest BCUT2D eigenvalue weighted by Crippen LogP contribution is 2.20. The first kappa shape index (κ1) is 14.5. The summed E-state index contributed by atoms with van der Waals surface area (Å²) in [5.41, 5.74) is 1.03. The summed E-state index contributed by atoms with van der Waals surface area (Å²) in [5.74, 6) is 0. The van der Waals surface area contributed by atoms with Crippen LogP contribution >= 0.6 is 0 Å². The Labute approximate surface area is 115 Å². The molecule has 2 rings (SSSR count). The molecule has 19 heavy (non-hydrogen) atoms. The number of sulfonamides is 1. The third-order valence-electron chi connectivity index (χ3n) is 3.64. The van der Waals surface area contributed by atoms with Crippen LogP contribution in [0.1, 0.15) is 37.8 Å². The molecule has 2 N–H and O–H groups in total. The van der Waals surface area contributed by atoms with Crippen molar-refractivity contribution in [2.45, 2.75) is 37.5 Å². The van der Waals surface area contributed by atoms with Gasteiger partial charge in [0.25, 0.3) is 0 Å². The zero-order valence-corrected chi connectivity index (χ0v) is 12.1. The minimum absolute atomic E-state index is 0.124. The van der Waals surface area contributed by atoms with E-state index in [4.69, 9.17) is 0 Å². The lowest BCUT2D eigenvalue weighted by Crippen LogP contribution is -2.42. The Morgan fingerprint density at radius 3 is 2.47 bits per heavy atom. The standard InChI is InChI=1S/C14H22N2O2S/c1-2-14(12-6-4-3-5-7-12)16-19(17,18)13-8-10-15-11-9-13/h3-7,13-16H,2,8-11H2,1H3. The molecule has 5 heteroatoms. The topological polar surface area (TPSA) is 58.2 Å². The number of rotatable bonds is 5. The van der Waals surface area contributed by atoms with Crippen LogP contribution in [0.5, 0.6) is 0 Å². The van der Waals surface area contributed by atoms with Gasteiger partial charge in [0.05, 0.1) is 5.25 Å². The van der Waals surface area contributed by atoms with E-state index in [2.05, 4.69) is 10.0 Å². The number of piperidine rings is 1. The Bertz CT molecular complexity index is 481. The highest BCUT2D eigenvalue weighted by molar-refractivity contribution is 7.90. The molecular weight excluding hydrogens is 260 g/mol. The lowest BCUT2D eigenvalue weighted by molar-refractivity contribution is 0.479. The maximum absolute atomic E-state index is 12.4. The van der Waals surface area contributed by atoms with Gasteiger partial charge in [-0.3, -0.25) is 0 Å². The molecule has 1 aliphatic heterocycles. The van der Waals surface area contributed by atoms with Gasteiger partial charge in [-0.25, -0.2) is 13.1 Å². The highest BCUT2D eigenvalue weighted by atomic mass is 32.2. The molecule has 106 valence electrons. The monoisotopic (exact) mass is 282 g/mol. The second kappa shape index (κ2) is 6.50. The fourth-order valence-electron chi connectivity index (χ4n) is 2.47. The van der Waals surface area contributed by atoms with Gasteiger partial charge in [-0.05, 0) is 37.9 Å². The first-order valence-corrected chi connectivity index (χ1v) is 8.45. The highest BCUT2D eigenvalue weighted by Gasteiger charge is 2.29. The second-order valence-electron chi connectivity index (χ2n) is 4.98. The Hall–Kier alpha value is -0.910. The van der Waals surface area contributed by atoms with Crippen molar-refractivity contribution in [3.05, 3.63) is 35.9 Å². The van der Waals surface area contributed by atoms with E-state index < -0.39 is 10.0 Å². The number of nitrogens with one attached hydrogen (secondary N) is 2. The molecular formula is C14H22N2O2S. The third kappa shape index (κ3) is 3.78. The van der Waals surface area contributed by atoms with Gasteiger partial charge in [0.2, 0.25) is 10.0 Å². The van der Waals surface area contributed by atoms with E-state index in [0.29, 0.717) is 12.8 Å². The largest absolute Gasteiger partial charge is 0.317 e. The van der Waals surface area contributed by atoms with Crippen LogP contribution < -0.4 is 10.0 Å². The van der Waals surface area contributed by atoms with E-state index in [9.17, 15) is 8.42 Å². The summed E-state index contributed by atoms with van der Waals surface area (Å²) in [6.07, 6.45) is 2.15. The van der Waals surface area contributed by atoms with E-state index in [1.165, 1.54) is 0 Å². The molecule has 0 amide bonds. The maximum atomic E-state index is 12.4. The van der Waals surface area contributed by atoms with Crippen LogP contribution in [0.2, 0.25) is 0 Å². The van der Waals surface area contributed by atoms with Crippen LogP contribution in [0.3, 0.4) is 0 Å². The average molecular weight is 282 g/mol. The molecule has 1 aromatic rings. The minimum atomic E-state index is -3.23. The summed E-state index contributed by atoms with van der Waals surface area (Å²) in [6.45, 7) is 3.57. The molecule has 1 saturated heterocycles. The van der Waals surface area contributed by atoms with Gasteiger partial charge >= 0.3 is 0 Å². The van der Waals surface area contributed by atoms with Gasteiger partial charge < -0.3 is 5.32 Å². The summed E-state index contributed by atoms with van der Waals surface area (Å²) >= 11 is 0. The number of hydrogen-bond acceptors (Lipinski definition) is 3. The molecule has 1 aliphatic rings. The fourth-order valence-corrected chi connectivity index (χ4v) is 4.22. The van der Waals surface area contributed by atoms with Crippen LogP contribution in [-0.4, -0.2) is 26.8 Å². The zero-order chi connectivity index (χ0) is 13.7. The van der Waals surface area contributed by atoms with Crippen LogP contribution in [0.25, 0.3) is 0 Å². The van der Waals surface area contributed by atoms with Crippen molar-refractivity contribution in [2.75, 3.05) is 13.1 Å². The first-order chi connectivity index (χ1) is 9.13. The predicted octanol–water partition coefficient (Wildman–Crippen LogP) is 1.81. The summed E-state index contributed by atoms with van der Waals surface area (Å²) in [6, 6.07) is 9.64. The lowest BCUT2D eigenvalue weighted by Gasteiger charge is -2.26. The average Bonchev–Trinajstić information content (AvgIpc) is 2.47. The molecule has 1 aromatic carbocycles. The van der Waals surface area contributed by atoms with E-state index >= 15 is 0 Å². The van der Waals surface area contributed by atoms with Gasteiger partial charge in [0.15, 0.2) is 0 Å². The van der Waals surface area contributed by atoms with Crippen LogP contribution in [0.4, 0.5) is 0 Å². The molecule has 0 radical (unpaired) electrons. The second-order valence-corrected chi connectivity index (χ2v) is 6.98. The molecule has 1 unspecified atom stereocenters. The van der Waals surface area contributed by atoms with Crippen molar-refractivity contribution in [2.24, 2.45) is 0 Å². The summed E-state index contributed by atoms with van der Waals surface area (Å²) < 4.78 is 27.7. The van der Waals surface area contributed by atoms with Crippen molar-refractivity contribution in [3.63, 3.8) is 0 Å². The quantitative estimate of drug-likeness (QED) is 0.866. The summed E-state index contributed by atoms with van der Waals surface area (Å²) in [7, 11) is -3.23. The molecule has 1 heterocycles. The molecule has 1 atom stereocenters. The molecule has 1 fully saturated rings. The van der Waals surface area contributed by atoms with Crippen molar-refractivity contribution in [3.8, 4) is 0 Å². The van der Waals surface area contributed by atoms with Crippen molar-refractivity contribution < 1.29 is 8.42 Å². The predicted molar refractivity (Wildman–Crippen MR) is 77.4 cm³/mol. The van der Waals surface area contributed by atoms with Crippen molar-refractivity contribution >= 4 is 10.0 Å². The van der Waals surface area contributed by atoms with Crippen LogP contribution in [-0.2, 0) is 10.0 Å². The fraction of sp³-hybridized carbons (Fsp3) is 0.571. The molecule has 4 nitrogen and oxygen atoms in total. The van der Waals surface area contributed by atoms with E-state index in [-0.39, 0.29) is 11.3 Å². The van der Waals surface area contributed by atoms with Gasteiger partial charge in [0, 0.05) is 6.04 Å². The first-order valence-electron chi connectivity index (χ1n) is 6.90. The Balaban J connectivity index is 2.09. The van der Waals surface area contributed by atoms with Crippen LogP contribution in [0, 0.1) is 0 Å². The zero-order valence-electron chi connectivity index (χ0n) is 11.3. The molecule has 0 aromatic heterocycles. The lowest BCUT2D eigenvalue weighted by atomic mass is 10.1. The van der Waals surface area contributed by atoms with Gasteiger partial charge in [-0.2, -0.15) is 0 Å². The minimum Gasteiger partial charge on any atom is -0.317 e. The summed E-state index contributed by atoms with van der Waals surface area (Å²) in [5, 5.41) is 2.94. The molecule has 0 spiro atoms. The van der Waals surface area contributed by atoms with Crippen molar-refractivity contribution in [1.82, 2.24) is 10.0 Å². The maximum Gasteiger partial charge on any atom is 0.215 e. The van der Waals surface area contributed by atoms with Gasteiger partial charge in [-0.1, -0.05) is 37.3 Å². The molecule has 0 aliphatic carbocycles. The van der Waals surface area contributed by atoms with Crippen molar-refractivity contribution in [1.29, 1.82) is 0 Å².